The molecule has 0 bridgehead atoms. The lowest BCUT2D eigenvalue weighted by Crippen LogP contribution is -2.66. The third-order valence-corrected chi connectivity index (χ3v) is 11.0. The summed E-state index contributed by atoms with van der Waals surface area (Å²) in [7, 11) is 0. The first-order chi connectivity index (χ1) is 28.9. The summed E-state index contributed by atoms with van der Waals surface area (Å²) in [4.78, 5) is 14.2. The molecule has 338 valence electrons. The molecular formula is C38H48O23. The van der Waals surface area contributed by atoms with Crippen molar-refractivity contribution in [3.05, 3.63) is 46.6 Å². The normalized spacial score (nSPS) is 40.8. The largest absolute Gasteiger partial charge is 0.508 e. The van der Waals surface area contributed by atoms with Gasteiger partial charge in [-0.15, -0.1) is 0 Å². The van der Waals surface area contributed by atoms with Gasteiger partial charge in [0.2, 0.25) is 17.5 Å². The summed E-state index contributed by atoms with van der Waals surface area (Å²) in [6.07, 6.45) is -32.4. The van der Waals surface area contributed by atoms with Crippen LogP contribution in [0, 0.1) is 0 Å². The first-order valence-corrected chi connectivity index (χ1v) is 19.2. The van der Waals surface area contributed by atoms with Crippen molar-refractivity contribution in [1.82, 2.24) is 0 Å². The lowest BCUT2D eigenvalue weighted by Gasteiger charge is -2.47. The minimum atomic E-state index is -2.09. The van der Waals surface area contributed by atoms with E-state index in [1.807, 2.05) is 0 Å². The molecule has 23 nitrogen and oxygen atoms in total. The fourth-order valence-electron chi connectivity index (χ4n) is 7.40. The first-order valence-electron chi connectivity index (χ1n) is 19.2. The zero-order chi connectivity index (χ0) is 44.2. The Morgan fingerprint density at radius 2 is 1.26 bits per heavy atom. The van der Waals surface area contributed by atoms with E-state index in [9.17, 15) is 71.2 Å². The number of aliphatic hydroxyl groups is 10. The van der Waals surface area contributed by atoms with Gasteiger partial charge in [-0.05, 0) is 38.1 Å². The van der Waals surface area contributed by atoms with E-state index >= 15 is 0 Å². The fraction of sp³-hybridized carbons (Fsp3) is 0.605. The summed E-state index contributed by atoms with van der Waals surface area (Å²) in [5.74, 6) is -2.46. The van der Waals surface area contributed by atoms with Crippen LogP contribution < -0.4 is 10.2 Å². The van der Waals surface area contributed by atoms with Gasteiger partial charge in [-0.25, -0.2) is 0 Å². The summed E-state index contributed by atoms with van der Waals surface area (Å²) in [5.41, 5.74) is -1.27. The Balaban J connectivity index is 1.24. The van der Waals surface area contributed by atoms with Gasteiger partial charge in [0, 0.05) is 17.7 Å². The van der Waals surface area contributed by atoms with E-state index in [4.69, 9.17) is 42.3 Å². The highest BCUT2D eigenvalue weighted by molar-refractivity contribution is 5.88. The molecule has 0 radical (unpaired) electrons. The molecule has 61 heavy (non-hydrogen) atoms. The highest BCUT2D eigenvalue weighted by atomic mass is 16.8. The number of hydrogen-bond acceptors (Lipinski definition) is 23. The summed E-state index contributed by atoms with van der Waals surface area (Å²) in [6.45, 7) is 1.54. The second-order valence-corrected chi connectivity index (χ2v) is 15.3. The van der Waals surface area contributed by atoms with Crippen LogP contribution in [-0.4, -0.2) is 196 Å². The number of rotatable bonds is 10. The molecule has 4 aliphatic heterocycles. The van der Waals surface area contributed by atoms with Crippen molar-refractivity contribution in [2.75, 3.05) is 13.2 Å². The molecule has 1 aromatic heterocycles. The fourth-order valence-corrected chi connectivity index (χ4v) is 7.40. The number of phenolic OH excluding ortho intramolecular Hbond substituents is 3. The average molecular weight is 873 g/mol. The molecule has 2 aromatic carbocycles. The van der Waals surface area contributed by atoms with Gasteiger partial charge < -0.3 is 109 Å². The number of ether oxygens (including phenoxy) is 8. The minimum absolute atomic E-state index is 0.0975. The lowest BCUT2D eigenvalue weighted by molar-refractivity contribution is -0.375. The van der Waals surface area contributed by atoms with Gasteiger partial charge >= 0.3 is 0 Å². The van der Waals surface area contributed by atoms with E-state index in [2.05, 4.69) is 0 Å². The Kier molecular flexibility index (Phi) is 13.4. The maximum atomic E-state index is 14.2. The van der Waals surface area contributed by atoms with Gasteiger partial charge in [0.1, 0.15) is 101 Å². The number of hydrogen-bond donors (Lipinski definition) is 13. The molecule has 0 amide bonds. The molecule has 4 fully saturated rings. The Bertz CT molecular complexity index is 2030. The topological polar surface area (TPSA) is 367 Å². The molecule has 4 aliphatic rings. The predicted octanol–water partition coefficient (Wildman–Crippen LogP) is -4.08. The standard InChI is InChI=1S/C38H48O23/c1-11-21(43)26(48)29(51)35(55-11)54-10-19-24(46)27(49)34(61-37-30(52)32(22(44)12(2)56-37)59-36-28(50)23(45)17(42)9-53-36)38(58-19)60-33-25(47)20-16(41)7-15(40)8-18(20)57-31(33)13-3-5-14(39)6-4-13/h3-8,11-12,17,19,21-24,26-30,32,34-46,48-52H,9-10H2,1-2H3/t11-,12-,17-,19+,21-,22-,23-,24-,26+,27-,28+,29+,30+,32+,34+,35+,36-,37-,38-/m0/s1. The Morgan fingerprint density at radius 3 is 1.97 bits per heavy atom. The van der Waals surface area contributed by atoms with Gasteiger partial charge in [0.25, 0.3) is 0 Å². The molecule has 4 saturated heterocycles. The van der Waals surface area contributed by atoms with E-state index in [0.717, 1.165) is 12.1 Å². The predicted molar refractivity (Wildman–Crippen MR) is 196 cm³/mol. The van der Waals surface area contributed by atoms with E-state index in [1.54, 1.807) is 0 Å². The van der Waals surface area contributed by atoms with Crippen LogP contribution in [0.2, 0.25) is 0 Å². The van der Waals surface area contributed by atoms with Crippen LogP contribution in [0.1, 0.15) is 13.8 Å². The number of benzene rings is 2. The van der Waals surface area contributed by atoms with Crippen molar-refractivity contribution >= 4 is 11.0 Å². The Hall–Kier alpha value is -3.83. The summed E-state index contributed by atoms with van der Waals surface area (Å²) >= 11 is 0. The zero-order valence-corrected chi connectivity index (χ0v) is 32.2. The minimum Gasteiger partial charge on any atom is -0.508 e. The number of fused-ring (bicyclic) bond motifs is 1. The van der Waals surface area contributed by atoms with Crippen LogP contribution >= 0.6 is 0 Å². The highest BCUT2D eigenvalue weighted by Gasteiger charge is 2.54. The number of aromatic hydroxyl groups is 3. The van der Waals surface area contributed by atoms with E-state index in [0.29, 0.717) is 0 Å². The van der Waals surface area contributed by atoms with Gasteiger partial charge in [0.15, 0.2) is 30.7 Å². The third kappa shape index (κ3) is 8.89. The molecular weight excluding hydrogens is 824 g/mol. The van der Waals surface area contributed by atoms with Crippen LogP contribution in [0.15, 0.2) is 45.6 Å². The van der Waals surface area contributed by atoms with Crippen molar-refractivity contribution in [3.8, 4) is 34.3 Å². The van der Waals surface area contributed by atoms with Crippen molar-refractivity contribution in [2.24, 2.45) is 0 Å². The van der Waals surface area contributed by atoms with Crippen LogP contribution in [0.25, 0.3) is 22.3 Å². The zero-order valence-electron chi connectivity index (χ0n) is 32.2. The highest BCUT2D eigenvalue weighted by Crippen LogP contribution is 2.39. The van der Waals surface area contributed by atoms with E-state index in [1.165, 1.54) is 38.1 Å². The SMILES string of the molecule is C[C@@H]1O[C@@H](OC[C@H]2O[C@@H](Oc3c(-c4ccc(O)cc4)oc4cc(O)cc(O)c4c3=O)[C@H](O[C@@H]3O[C@@H](C)[C@H](O)[C@@H](O[C@@H]4OC[C@H](O)[C@H](O)[C@H]4O)[C@H]3O)[C@@H](O)[C@H]2O)[C@H](O)[C@H](O)[C@H]1O. The second-order valence-electron chi connectivity index (χ2n) is 15.3. The van der Waals surface area contributed by atoms with Crippen LogP contribution in [0.3, 0.4) is 0 Å². The Morgan fingerprint density at radius 1 is 0.623 bits per heavy atom. The average Bonchev–Trinajstić information content (AvgIpc) is 3.22. The Labute approximate surface area is 344 Å². The van der Waals surface area contributed by atoms with Crippen LogP contribution in [-0.2, 0) is 33.2 Å². The monoisotopic (exact) mass is 872 g/mol. The molecule has 3 aromatic rings. The number of phenols is 3. The van der Waals surface area contributed by atoms with Crippen LogP contribution in [0.5, 0.6) is 23.0 Å². The third-order valence-electron chi connectivity index (χ3n) is 11.0. The van der Waals surface area contributed by atoms with Crippen LogP contribution in [0.4, 0.5) is 0 Å². The molecule has 5 heterocycles. The molecule has 0 spiro atoms. The van der Waals surface area contributed by atoms with Crippen molar-refractivity contribution in [2.45, 2.75) is 131 Å². The van der Waals surface area contributed by atoms with Gasteiger partial charge in [-0.1, -0.05) is 0 Å². The molecule has 0 unspecified atom stereocenters. The van der Waals surface area contributed by atoms with E-state index in [-0.39, 0.29) is 22.7 Å². The van der Waals surface area contributed by atoms with Crippen molar-refractivity contribution < 1.29 is 109 Å². The molecule has 19 atom stereocenters. The first kappa shape index (κ1) is 45.2. The van der Waals surface area contributed by atoms with Crippen molar-refractivity contribution in [3.63, 3.8) is 0 Å². The van der Waals surface area contributed by atoms with Gasteiger partial charge in [-0.2, -0.15) is 0 Å². The maximum Gasteiger partial charge on any atom is 0.239 e. The quantitative estimate of drug-likeness (QED) is 0.0921. The van der Waals surface area contributed by atoms with E-state index < -0.39 is 158 Å². The van der Waals surface area contributed by atoms with Gasteiger partial charge in [0.05, 0.1) is 25.4 Å². The smallest absolute Gasteiger partial charge is 0.239 e. The van der Waals surface area contributed by atoms with Gasteiger partial charge in [-0.3, -0.25) is 4.79 Å². The summed E-state index contributed by atoms with van der Waals surface area (Å²) < 4.78 is 51.9. The summed E-state index contributed by atoms with van der Waals surface area (Å²) in [6, 6.07) is 7.04. The molecule has 13 N–H and O–H groups in total. The molecule has 0 saturated carbocycles. The molecule has 0 aliphatic carbocycles. The molecule has 23 heteroatoms. The second kappa shape index (κ2) is 18.1. The molecule has 7 rings (SSSR count). The van der Waals surface area contributed by atoms with Crippen molar-refractivity contribution in [1.29, 1.82) is 0 Å². The summed E-state index contributed by atoms with van der Waals surface area (Å²) in [5, 5.41) is 137. The number of aliphatic hydroxyl groups excluding tert-OH is 10. The maximum absolute atomic E-state index is 14.2. The lowest BCUT2D eigenvalue weighted by atomic mass is 9.97.